The summed E-state index contributed by atoms with van der Waals surface area (Å²) in [6, 6.07) is 11.5. The number of aryl methyl sites for hydroxylation is 2. The summed E-state index contributed by atoms with van der Waals surface area (Å²) in [7, 11) is 0. The van der Waals surface area contributed by atoms with Crippen molar-refractivity contribution >= 4 is 23.2 Å². The maximum absolute atomic E-state index is 12.9. The van der Waals surface area contributed by atoms with E-state index in [-0.39, 0.29) is 24.3 Å². The van der Waals surface area contributed by atoms with Crippen LogP contribution < -0.4 is 5.32 Å². The predicted molar refractivity (Wildman–Crippen MR) is 113 cm³/mol. The molecule has 1 aromatic carbocycles. The van der Waals surface area contributed by atoms with Gasteiger partial charge in [0.05, 0.1) is 10.9 Å². The number of benzene rings is 1. The third-order valence-corrected chi connectivity index (χ3v) is 6.25. The molecule has 3 heterocycles. The normalized spacial score (nSPS) is 16.0. The van der Waals surface area contributed by atoms with E-state index in [4.69, 9.17) is 4.52 Å². The highest BCUT2D eigenvalue weighted by Crippen LogP contribution is 2.33. The highest BCUT2D eigenvalue weighted by Gasteiger charge is 2.34. The van der Waals surface area contributed by atoms with Crippen molar-refractivity contribution in [2.75, 3.05) is 6.54 Å². The van der Waals surface area contributed by atoms with Gasteiger partial charge in [0, 0.05) is 25.9 Å². The van der Waals surface area contributed by atoms with Gasteiger partial charge in [-0.1, -0.05) is 35.5 Å². The van der Waals surface area contributed by atoms with Crippen LogP contribution in [0, 0.1) is 6.92 Å². The molecular weight excluding hydrogens is 400 g/mol. The molecule has 1 aliphatic rings. The largest absolute Gasteiger partial charge is 0.352 e. The minimum Gasteiger partial charge on any atom is -0.352 e. The zero-order valence-electron chi connectivity index (χ0n) is 16.8. The van der Waals surface area contributed by atoms with Crippen molar-refractivity contribution in [3.63, 3.8) is 0 Å². The number of rotatable bonds is 7. The van der Waals surface area contributed by atoms with E-state index in [0.717, 1.165) is 28.8 Å². The van der Waals surface area contributed by atoms with E-state index in [9.17, 15) is 9.59 Å². The second-order valence-corrected chi connectivity index (χ2v) is 8.31. The molecule has 1 unspecified atom stereocenters. The summed E-state index contributed by atoms with van der Waals surface area (Å²) in [5.74, 6) is 0.905. The van der Waals surface area contributed by atoms with Crippen LogP contribution in [0.1, 0.15) is 57.8 Å². The SMILES string of the molecule is Cc1ccsc1C(=O)N1CCCC1c1noc(CCC(=O)NCc2ccccc2)n1. The van der Waals surface area contributed by atoms with Gasteiger partial charge >= 0.3 is 0 Å². The van der Waals surface area contributed by atoms with Gasteiger partial charge in [0.15, 0.2) is 5.82 Å². The zero-order chi connectivity index (χ0) is 20.9. The Balaban J connectivity index is 1.32. The van der Waals surface area contributed by atoms with Gasteiger partial charge in [-0.15, -0.1) is 11.3 Å². The number of carbonyl (C=O) groups is 2. The minimum absolute atomic E-state index is 0.0247. The van der Waals surface area contributed by atoms with Gasteiger partial charge in [-0.05, 0) is 42.3 Å². The van der Waals surface area contributed by atoms with Crippen LogP contribution in [0.2, 0.25) is 0 Å². The number of likely N-dealkylation sites (tertiary alicyclic amines) is 1. The number of nitrogens with zero attached hydrogens (tertiary/aromatic N) is 3. The van der Waals surface area contributed by atoms with Crippen LogP contribution in [0.4, 0.5) is 0 Å². The average molecular weight is 425 g/mol. The van der Waals surface area contributed by atoms with Crippen molar-refractivity contribution in [1.29, 1.82) is 0 Å². The number of amides is 2. The Morgan fingerprint density at radius 3 is 2.87 bits per heavy atom. The topological polar surface area (TPSA) is 88.3 Å². The molecule has 2 amide bonds. The van der Waals surface area contributed by atoms with E-state index in [2.05, 4.69) is 15.5 Å². The number of carbonyl (C=O) groups excluding carboxylic acids is 2. The second kappa shape index (κ2) is 9.21. The molecule has 1 saturated heterocycles. The fraction of sp³-hybridized carbons (Fsp3) is 0.364. The van der Waals surface area contributed by atoms with Crippen molar-refractivity contribution in [1.82, 2.24) is 20.4 Å². The van der Waals surface area contributed by atoms with Gasteiger partial charge in [-0.2, -0.15) is 4.98 Å². The highest BCUT2D eigenvalue weighted by molar-refractivity contribution is 7.12. The van der Waals surface area contributed by atoms with Crippen LogP contribution in [-0.4, -0.2) is 33.4 Å². The van der Waals surface area contributed by atoms with Crippen LogP contribution in [0.25, 0.3) is 0 Å². The quantitative estimate of drug-likeness (QED) is 0.625. The van der Waals surface area contributed by atoms with Crippen LogP contribution >= 0.6 is 11.3 Å². The lowest BCUT2D eigenvalue weighted by molar-refractivity contribution is -0.121. The summed E-state index contributed by atoms with van der Waals surface area (Å²) in [4.78, 5) is 32.1. The van der Waals surface area contributed by atoms with Gasteiger partial charge in [0.2, 0.25) is 11.8 Å². The van der Waals surface area contributed by atoms with E-state index in [1.807, 2.05) is 53.6 Å². The molecule has 1 N–H and O–H groups in total. The van der Waals surface area contributed by atoms with E-state index in [0.29, 0.717) is 31.2 Å². The molecule has 2 aromatic heterocycles. The molecule has 7 nitrogen and oxygen atoms in total. The van der Waals surface area contributed by atoms with Gasteiger partial charge in [-0.3, -0.25) is 9.59 Å². The molecule has 0 saturated carbocycles. The van der Waals surface area contributed by atoms with Crippen molar-refractivity contribution in [3.05, 3.63) is 69.5 Å². The third kappa shape index (κ3) is 4.59. The Morgan fingerprint density at radius 2 is 2.10 bits per heavy atom. The van der Waals surface area contributed by atoms with Crippen LogP contribution in [0.15, 0.2) is 46.3 Å². The lowest BCUT2D eigenvalue weighted by atomic mass is 10.2. The smallest absolute Gasteiger partial charge is 0.264 e. The molecule has 0 bridgehead atoms. The minimum atomic E-state index is -0.177. The van der Waals surface area contributed by atoms with Crippen molar-refractivity contribution < 1.29 is 14.1 Å². The Kier molecular flexibility index (Phi) is 6.23. The molecule has 0 radical (unpaired) electrons. The van der Waals surface area contributed by atoms with Crippen molar-refractivity contribution in [2.24, 2.45) is 0 Å². The Bertz CT molecular complexity index is 1010. The third-order valence-electron chi connectivity index (χ3n) is 5.25. The molecule has 30 heavy (non-hydrogen) atoms. The number of nitrogens with one attached hydrogen (secondary N) is 1. The molecule has 1 aliphatic heterocycles. The van der Waals surface area contributed by atoms with E-state index in [1.165, 1.54) is 11.3 Å². The van der Waals surface area contributed by atoms with E-state index < -0.39 is 0 Å². The zero-order valence-corrected chi connectivity index (χ0v) is 17.7. The predicted octanol–water partition coefficient (Wildman–Crippen LogP) is 3.67. The summed E-state index contributed by atoms with van der Waals surface area (Å²) in [6.07, 6.45) is 2.37. The fourth-order valence-corrected chi connectivity index (χ4v) is 4.49. The summed E-state index contributed by atoms with van der Waals surface area (Å²) >= 11 is 1.46. The molecular formula is C22H24N4O3S. The lowest BCUT2D eigenvalue weighted by Gasteiger charge is -2.21. The summed E-state index contributed by atoms with van der Waals surface area (Å²) in [5.41, 5.74) is 2.05. The van der Waals surface area contributed by atoms with Gasteiger partial charge < -0.3 is 14.7 Å². The first-order chi connectivity index (χ1) is 14.6. The molecule has 8 heteroatoms. The maximum atomic E-state index is 12.9. The maximum Gasteiger partial charge on any atom is 0.264 e. The van der Waals surface area contributed by atoms with Crippen molar-refractivity contribution in [3.8, 4) is 0 Å². The number of aromatic nitrogens is 2. The van der Waals surface area contributed by atoms with Gasteiger partial charge in [0.25, 0.3) is 5.91 Å². The van der Waals surface area contributed by atoms with Crippen molar-refractivity contribution in [2.45, 2.75) is 45.2 Å². The van der Waals surface area contributed by atoms with E-state index in [1.54, 1.807) is 0 Å². The van der Waals surface area contributed by atoms with Crippen LogP contribution in [0.3, 0.4) is 0 Å². The van der Waals surface area contributed by atoms with Gasteiger partial charge in [0.1, 0.15) is 0 Å². The first-order valence-electron chi connectivity index (χ1n) is 10.1. The number of thiophene rings is 1. The fourth-order valence-electron chi connectivity index (χ4n) is 3.61. The monoisotopic (exact) mass is 424 g/mol. The highest BCUT2D eigenvalue weighted by atomic mass is 32.1. The van der Waals surface area contributed by atoms with E-state index >= 15 is 0 Å². The standard InChI is InChI=1S/C22H24N4O3S/c1-15-11-13-30-20(15)22(28)26-12-5-8-17(26)21-24-19(29-25-21)10-9-18(27)23-14-16-6-3-2-4-7-16/h2-4,6-7,11,13,17H,5,8-10,12,14H2,1H3,(H,23,27). The first kappa shape index (κ1) is 20.3. The summed E-state index contributed by atoms with van der Waals surface area (Å²) in [5, 5.41) is 8.92. The summed E-state index contributed by atoms with van der Waals surface area (Å²) in [6.45, 7) is 3.13. The molecule has 4 rings (SSSR count). The first-order valence-corrected chi connectivity index (χ1v) is 11.0. The Hall–Kier alpha value is -3.00. The van der Waals surface area contributed by atoms with Gasteiger partial charge in [-0.25, -0.2) is 0 Å². The number of hydrogen-bond acceptors (Lipinski definition) is 6. The average Bonchev–Trinajstić information content (AvgIpc) is 3.51. The molecule has 0 aliphatic carbocycles. The van der Waals surface area contributed by atoms with Crippen LogP contribution in [0.5, 0.6) is 0 Å². The molecule has 1 fully saturated rings. The molecule has 0 spiro atoms. The summed E-state index contributed by atoms with van der Waals surface area (Å²) < 4.78 is 5.36. The second-order valence-electron chi connectivity index (χ2n) is 7.40. The molecule has 156 valence electrons. The Labute approximate surface area is 179 Å². The molecule has 1 atom stereocenters. The number of hydrogen-bond donors (Lipinski definition) is 1. The lowest BCUT2D eigenvalue weighted by Crippen LogP contribution is -2.31. The molecule has 3 aromatic rings. The Morgan fingerprint density at radius 1 is 1.27 bits per heavy atom. The van der Waals surface area contributed by atoms with Crippen LogP contribution in [-0.2, 0) is 17.8 Å².